The molecule has 5 rings (SSSR count). The van der Waals surface area contributed by atoms with Crippen molar-refractivity contribution in [1.82, 2.24) is 10.2 Å². The molecule has 0 saturated carbocycles. The van der Waals surface area contributed by atoms with E-state index in [1.807, 2.05) is 44.2 Å². The van der Waals surface area contributed by atoms with Gasteiger partial charge >= 0.3 is 0 Å². The second kappa shape index (κ2) is 11.7. The Morgan fingerprint density at radius 3 is 2.54 bits per heavy atom. The molecule has 39 heavy (non-hydrogen) atoms. The Morgan fingerprint density at radius 2 is 1.82 bits per heavy atom. The number of furan rings is 1. The lowest BCUT2D eigenvalue weighted by atomic mass is 9.95. The summed E-state index contributed by atoms with van der Waals surface area (Å²) in [5, 5.41) is 19.7. The van der Waals surface area contributed by atoms with Crippen LogP contribution in [0.15, 0.2) is 87.0 Å². The van der Waals surface area contributed by atoms with Gasteiger partial charge in [-0.05, 0) is 49.2 Å². The molecule has 0 aliphatic carbocycles. The number of carbonyl (C=O) groups excluding carboxylic acids is 2. The van der Waals surface area contributed by atoms with Crippen molar-refractivity contribution in [3.8, 4) is 11.5 Å². The molecule has 0 saturated heterocycles. The van der Waals surface area contributed by atoms with Crippen molar-refractivity contribution in [2.75, 3.05) is 18.1 Å². The van der Waals surface area contributed by atoms with Gasteiger partial charge in [0.05, 0.1) is 31.1 Å². The molecule has 1 N–H and O–H groups in total. The standard InChI is InChI=1S/C28H25N3O6S2/c1-3-35-19-13-12-18(15-21(19)36-4-2)23-22(24(32)20-11-8-14-37-20)25(33)26(34)31(23)27-29-30-28(39-27)38-16-17-9-6-5-7-10-17/h5-15,23,33H,3-4,16H2,1-2H3. The van der Waals surface area contributed by atoms with E-state index in [1.165, 1.54) is 40.3 Å². The fourth-order valence-corrected chi connectivity index (χ4v) is 6.03. The normalized spacial score (nSPS) is 15.2. The number of thioether (sulfide) groups is 1. The van der Waals surface area contributed by atoms with Crippen LogP contribution in [0.2, 0.25) is 0 Å². The molecule has 9 nitrogen and oxygen atoms in total. The molecule has 4 aromatic rings. The van der Waals surface area contributed by atoms with Crippen LogP contribution in [-0.2, 0) is 10.5 Å². The maximum Gasteiger partial charge on any atom is 0.296 e. The van der Waals surface area contributed by atoms with Crippen molar-refractivity contribution >= 4 is 39.9 Å². The molecule has 0 fully saturated rings. The number of rotatable bonds is 11. The number of Topliss-reactive ketones (excluding diaryl/α,β-unsaturated/α-hetero) is 1. The van der Waals surface area contributed by atoms with Crippen molar-refractivity contribution < 1.29 is 28.6 Å². The second-order valence-corrected chi connectivity index (χ2v) is 10.5. The van der Waals surface area contributed by atoms with Gasteiger partial charge in [-0.15, -0.1) is 10.2 Å². The highest BCUT2D eigenvalue weighted by Gasteiger charge is 2.47. The summed E-state index contributed by atoms with van der Waals surface area (Å²) in [7, 11) is 0. The van der Waals surface area contributed by atoms with Gasteiger partial charge in [-0.25, -0.2) is 0 Å². The van der Waals surface area contributed by atoms with Gasteiger partial charge < -0.3 is 19.0 Å². The third-order valence-corrected chi connectivity index (χ3v) is 8.01. The number of carbonyl (C=O) groups is 2. The van der Waals surface area contributed by atoms with Gasteiger partial charge in [0, 0.05) is 5.75 Å². The SMILES string of the molecule is CCOc1ccc(C2C(C(=O)c3ccco3)=C(O)C(=O)N2c2nnc(SCc3ccccc3)s2)cc1OCC. The monoisotopic (exact) mass is 563 g/mol. The highest BCUT2D eigenvalue weighted by Crippen LogP contribution is 2.45. The molecule has 2 aromatic carbocycles. The molecular weight excluding hydrogens is 538 g/mol. The summed E-state index contributed by atoms with van der Waals surface area (Å²) in [6, 6.07) is 17.1. The Hall–Kier alpha value is -4.09. The van der Waals surface area contributed by atoms with Crippen LogP contribution in [0.1, 0.15) is 41.6 Å². The van der Waals surface area contributed by atoms with Crippen molar-refractivity contribution in [2.45, 2.75) is 30.0 Å². The first-order valence-corrected chi connectivity index (χ1v) is 14.1. The van der Waals surface area contributed by atoms with Crippen molar-refractivity contribution in [2.24, 2.45) is 0 Å². The quantitative estimate of drug-likeness (QED) is 0.133. The number of aliphatic hydroxyl groups is 1. The summed E-state index contributed by atoms with van der Waals surface area (Å²) >= 11 is 2.69. The minimum atomic E-state index is -0.995. The Balaban J connectivity index is 1.54. The number of hydrogen-bond acceptors (Lipinski definition) is 10. The molecule has 1 aliphatic rings. The number of aliphatic hydroxyl groups excluding tert-OH is 1. The maximum atomic E-state index is 13.5. The van der Waals surface area contributed by atoms with Gasteiger partial charge in [-0.2, -0.15) is 0 Å². The lowest BCUT2D eigenvalue weighted by molar-refractivity contribution is -0.117. The first kappa shape index (κ1) is 26.5. The molecular formula is C28H25N3O6S2. The molecule has 1 atom stereocenters. The van der Waals surface area contributed by atoms with Crippen molar-refractivity contribution in [3.05, 3.63) is 95.1 Å². The Labute approximate surface area is 233 Å². The molecule has 1 aliphatic heterocycles. The summed E-state index contributed by atoms with van der Waals surface area (Å²) in [5.74, 6) is -0.357. The average Bonchev–Trinajstić information content (AvgIpc) is 3.70. The molecule has 0 radical (unpaired) electrons. The van der Waals surface area contributed by atoms with E-state index in [-0.39, 0.29) is 16.5 Å². The third-order valence-electron chi connectivity index (χ3n) is 5.89. The molecule has 3 heterocycles. The minimum absolute atomic E-state index is 0.00328. The van der Waals surface area contributed by atoms with Gasteiger partial charge in [-0.1, -0.05) is 59.5 Å². The summed E-state index contributed by atoms with van der Waals surface area (Å²) in [5.41, 5.74) is 1.54. The van der Waals surface area contributed by atoms with Crippen LogP contribution in [0.4, 0.5) is 5.13 Å². The number of ether oxygens (including phenoxy) is 2. The van der Waals surface area contributed by atoms with E-state index in [2.05, 4.69) is 10.2 Å². The number of benzene rings is 2. The summed E-state index contributed by atoms with van der Waals surface area (Å²) in [6.07, 6.45) is 1.36. The van der Waals surface area contributed by atoms with Gasteiger partial charge in [0.1, 0.15) is 0 Å². The van der Waals surface area contributed by atoms with Crippen LogP contribution >= 0.6 is 23.1 Å². The van der Waals surface area contributed by atoms with E-state index < -0.39 is 23.5 Å². The molecule has 1 amide bonds. The van der Waals surface area contributed by atoms with E-state index >= 15 is 0 Å². The number of nitrogens with zero attached hydrogens (tertiary/aromatic N) is 3. The lowest BCUT2D eigenvalue weighted by Gasteiger charge is -2.24. The number of ketones is 1. The highest BCUT2D eigenvalue weighted by molar-refractivity contribution is 8.00. The van der Waals surface area contributed by atoms with Crippen LogP contribution in [0, 0.1) is 0 Å². The topological polar surface area (TPSA) is 115 Å². The van der Waals surface area contributed by atoms with Gasteiger partial charge in [-0.3, -0.25) is 14.5 Å². The fraction of sp³-hybridized carbons (Fsp3) is 0.214. The van der Waals surface area contributed by atoms with Gasteiger partial charge in [0.15, 0.2) is 27.4 Å². The van der Waals surface area contributed by atoms with Crippen LogP contribution in [0.3, 0.4) is 0 Å². The van der Waals surface area contributed by atoms with Gasteiger partial charge in [0.25, 0.3) is 5.91 Å². The van der Waals surface area contributed by atoms with E-state index in [9.17, 15) is 14.7 Å². The molecule has 1 unspecified atom stereocenters. The summed E-state index contributed by atoms with van der Waals surface area (Å²) in [6.45, 7) is 4.53. The summed E-state index contributed by atoms with van der Waals surface area (Å²) in [4.78, 5) is 28.2. The Kier molecular flexibility index (Phi) is 7.99. The van der Waals surface area contributed by atoms with E-state index in [4.69, 9.17) is 13.9 Å². The van der Waals surface area contributed by atoms with Crippen LogP contribution in [0.25, 0.3) is 0 Å². The minimum Gasteiger partial charge on any atom is -0.503 e. The lowest BCUT2D eigenvalue weighted by Crippen LogP contribution is -2.31. The largest absolute Gasteiger partial charge is 0.503 e. The zero-order chi connectivity index (χ0) is 27.4. The molecule has 11 heteroatoms. The molecule has 200 valence electrons. The number of amides is 1. The van der Waals surface area contributed by atoms with E-state index in [1.54, 1.807) is 24.3 Å². The Bertz CT molecular complexity index is 1500. The molecule has 0 bridgehead atoms. The second-order valence-electron chi connectivity index (χ2n) is 8.34. The maximum absolute atomic E-state index is 13.5. The van der Waals surface area contributed by atoms with Crippen LogP contribution < -0.4 is 14.4 Å². The zero-order valence-corrected chi connectivity index (χ0v) is 22.8. The smallest absolute Gasteiger partial charge is 0.296 e. The zero-order valence-electron chi connectivity index (χ0n) is 21.2. The van der Waals surface area contributed by atoms with Gasteiger partial charge in [0.2, 0.25) is 10.9 Å². The van der Waals surface area contributed by atoms with Crippen LogP contribution in [-0.4, -0.2) is 40.2 Å². The Morgan fingerprint density at radius 1 is 1.05 bits per heavy atom. The van der Waals surface area contributed by atoms with Crippen molar-refractivity contribution in [1.29, 1.82) is 0 Å². The van der Waals surface area contributed by atoms with E-state index in [0.717, 1.165) is 5.56 Å². The first-order valence-electron chi connectivity index (χ1n) is 12.3. The molecule has 2 aromatic heterocycles. The summed E-state index contributed by atoms with van der Waals surface area (Å²) < 4.78 is 17.4. The van der Waals surface area contributed by atoms with E-state index in [0.29, 0.717) is 40.4 Å². The number of aromatic nitrogens is 2. The fourth-order valence-electron chi connectivity index (χ4n) is 4.21. The predicted molar refractivity (Wildman–Crippen MR) is 148 cm³/mol. The van der Waals surface area contributed by atoms with Crippen LogP contribution in [0.5, 0.6) is 11.5 Å². The average molecular weight is 564 g/mol. The highest BCUT2D eigenvalue weighted by atomic mass is 32.2. The first-order chi connectivity index (χ1) is 19.0. The van der Waals surface area contributed by atoms with Crippen molar-refractivity contribution in [3.63, 3.8) is 0 Å². The molecule has 0 spiro atoms. The number of hydrogen-bond donors (Lipinski definition) is 1. The number of anilines is 1. The predicted octanol–water partition coefficient (Wildman–Crippen LogP) is 6.00. The third kappa shape index (κ3) is 5.41.